The van der Waals surface area contributed by atoms with E-state index >= 15 is 0 Å². The van der Waals surface area contributed by atoms with Crippen LogP contribution in [-0.2, 0) is 50.4 Å². The van der Waals surface area contributed by atoms with Gasteiger partial charge in [0, 0.05) is 24.9 Å². The van der Waals surface area contributed by atoms with Crippen LogP contribution in [0.15, 0.2) is 24.3 Å². The zero-order chi connectivity index (χ0) is 37.2. The number of thiophene rings is 2. The Hall–Kier alpha value is -5.02. The van der Waals surface area contributed by atoms with Gasteiger partial charge in [0.15, 0.2) is 0 Å². The second-order valence-corrected chi connectivity index (χ2v) is 23.2. The predicted octanol–water partition coefficient (Wildman–Crippen LogP) is 14.9. The van der Waals surface area contributed by atoms with Crippen LogP contribution in [0.4, 0.5) is 0 Å². The van der Waals surface area contributed by atoms with Crippen LogP contribution in [-0.4, -0.2) is 0 Å². The molecule has 0 N–H and O–H groups in total. The summed E-state index contributed by atoms with van der Waals surface area (Å²) in [7, 11) is 0. The second-order valence-electron chi connectivity index (χ2n) is 20.3. The summed E-state index contributed by atoms with van der Waals surface area (Å²) in [5.74, 6) is 0.521. The Bertz CT molecular complexity index is 4380. The van der Waals surface area contributed by atoms with E-state index in [9.17, 15) is 0 Å². The van der Waals surface area contributed by atoms with E-state index < -0.39 is 0 Å². The lowest BCUT2D eigenvalue weighted by Crippen LogP contribution is -2.42. The van der Waals surface area contributed by atoms with E-state index in [2.05, 4.69) is 70.2 Å². The highest BCUT2D eigenvalue weighted by Gasteiger charge is 2.56. The molecule has 19 rings (SSSR count). The summed E-state index contributed by atoms with van der Waals surface area (Å²) < 4.78 is 0. The maximum Gasteiger partial charge on any atom is 0.0119 e. The molecule has 2 aromatic heterocycles. The Balaban J connectivity index is 1.13. The quantitative estimate of drug-likeness (QED) is 0.157. The zero-order valence-corrected chi connectivity index (χ0v) is 34.8. The third-order valence-electron chi connectivity index (χ3n) is 18.6. The number of hydrogen-bond acceptors (Lipinski definition) is 2. The molecule has 0 fully saturated rings. The van der Waals surface area contributed by atoms with Crippen LogP contribution in [0.1, 0.15) is 99.1 Å². The first-order valence-electron chi connectivity index (χ1n) is 22.1. The van der Waals surface area contributed by atoms with E-state index in [0.29, 0.717) is 5.92 Å². The van der Waals surface area contributed by atoms with Gasteiger partial charge >= 0.3 is 0 Å². The molecule has 270 valence electrons. The average molecular weight is 771 g/mol. The molecule has 14 aromatic rings. The monoisotopic (exact) mass is 770 g/mol. The van der Waals surface area contributed by atoms with Crippen molar-refractivity contribution in [2.75, 3.05) is 0 Å². The molecule has 0 saturated carbocycles. The van der Waals surface area contributed by atoms with E-state index in [1.54, 1.807) is 190 Å². The predicted molar refractivity (Wildman–Crippen MR) is 249 cm³/mol. The van der Waals surface area contributed by atoms with Gasteiger partial charge in [0.25, 0.3) is 0 Å². The maximum atomic E-state index is 2.82. The van der Waals surface area contributed by atoms with Crippen molar-refractivity contribution in [2.45, 2.75) is 90.9 Å². The van der Waals surface area contributed by atoms with Crippen LogP contribution in [0.2, 0.25) is 0 Å². The summed E-state index contributed by atoms with van der Waals surface area (Å²) >= 11 is 4.11. The lowest BCUT2D eigenvalue weighted by molar-refractivity contribution is 0.327. The minimum Gasteiger partial charge on any atom is -0.145 e. The van der Waals surface area contributed by atoms with Crippen molar-refractivity contribution >= 4 is 141 Å². The van der Waals surface area contributed by atoms with Gasteiger partial charge in [-0.2, -0.15) is 0 Å². The first-order valence-corrected chi connectivity index (χ1v) is 23.7. The Kier molecular flexibility index (Phi) is 3.86. The maximum absolute atomic E-state index is 2.82. The van der Waals surface area contributed by atoms with Crippen molar-refractivity contribution in [1.29, 1.82) is 0 Å². The number of benzene rings is 9. The number of aryl methyl sites for hydroxylation is 4. The summed E-state index contributed by atoms with van der Waals surface area (Å²) in [6.07, 6.45) is 7.92. The fraction of sp³-hybridized carbons (Fsp3) is 0.250. The Morgan fingerprint density at radius 1 is 0.483 bits per heavy atom. The SMILES string of the molecule is CCc1c(C)sc(C)c1Cc1c2c3c4c(cc5cc6c7c8c9c%10c(cc%11c%12c%13c(cc1c1c%13c%13c(c%10%12)c9c9c7c5c4c9c%13c31)C%11)C1Cc3c(C)sc(C)c3CC81C6)C2. The summed E-state index contributed by atoms with van der Waals surface area (Å²) in [5, 5.41) is 36.2. The van der Waals surface area contributed by atoms with Crippen molar-refractivity contribution in [3.8, 4) is 0 Å². The van der Waals surface area contributed by atoms with Crippen LogP contribution in [0.3, 0.4) is 0 Å². The first kappa shape index (κ1) is 28.4. The van der Waals surface area contributed by atoms with E-state index in [1.807, 2.05) is 11.3 Å². The molecule has 0 radical (unpaired) electrons. The normalized spacial score (nSPS) is 20.5. The van der Waals surface area contributed by atoms with Crippen molar-refractivity contribution in [1.82, 2.24) is 0 Å². The highest BCUT2D eigenvalue weighted by molar-refractivity contribution is 7.12. The topological polar surface area (TPSA) is 0 Å². The third-order valence-corrected chi connectivity index (χ3v) is 20.8. The molecule has 0 amide bonds. The smallest absolute Gasteiger partial charge is 0.0119 e. The molecular weight excluding hydrogens is 737 g/mol. The molecule has 0 saturated heterocycles. The number of rotatable bonds is 3. The fourth-order valence-corrected chi connectivity index (χ4v) is 19.4. The number of hydrogen-bond donors (Lipinski definition) is 0. The Morgan fingerprint density at radius 2 is 1.09 bits per heavy atom. The fourth-order valence-electron chi connectivity index (χ4n) is 17.1. The van der Waals surface area contributed by atoms with Gasteiger partial charge in [0.1, 0.15) is 0 Å². The molecule has 12 aromatic carbocycles. The highest BCUT2D eigenvalue weighted by Crippen LogP contribution is 2.72. The zero-order valence-electron chi connectivity index (χ0n) is 33.2. The second kappa shape index (κ2) is 7.87. The van der Waals surface area contributed by atoms with Crippen LogP contribution in [0.5, 0.6) is 0 Å². The van der Waals surface area contributed by atoms with Gasteiger partial charge in [0.2, 0.25) is 0 Å². The Morgan fingerprint density at radius 3 is 1.90 bits per heavy atom. The van der Waals surface area contributed by atoms with Gasteiger partial charge in [-0.3, -0.25) is 0 Å². The van der Waals surface area contributed by atoms with Gasteiger partial charge in [0.05, 0.1) is 0 Å². The van der Waals surface area contributed by atoms with Gasteiger partial charge in [-0.25, -0.2) is 0 Å². The first-order chi connectivity index (χ1) is 28.4. The molecule has 0 bridgehead atoms. The lowest BCUT2D eigenvalue weighted by Gasteiger charge is -2.46. The van der Waals surface area contributed by atoms with Crippen LogP contribution in [0.25, 0.3) is 118 Å². The standard InChI is InChI=1S/C56H34S2/c1-6-26-17(2)57-18(3)27(26)13-29-30-11-23-7-21-9-25-15-56-16-33-20(5)58-19(4)28(33)14-34(56)32-12-24-8-22-10-31(29)41-45-35(22)36(24)46-42(32)54-53-49-44(39(25)55(54)56)38(21)43-37(23)40(30)47(41)52(48(43)49)50(45)51(46)53/h7,9-10,12,34H,6,8,11,13-16H2,1-5H3. The largest absolute Gasteiger partial charge is 0.145 e. The summed E-state index contributed by atoms with van der Waals surface area (Å²) in [5.41, 5.74) is 20.1. The summed E-state index contributed by atoms with van der Waals surface area (Å²) in [6.45, 7) is 12.0. The molecule has 1 spiro atoms. The van der Waals surface area contributed by atoms with Crippen molar-refractivity contribution in [2.24, 2.45) is 0 Å². The van der Waals surface area contributed by atoms with Crippen molar-refractivity contribution in [3.05, 3.63) is 111 Å². The minimum atomic E-state index is 0.124. The van der Waals surface area contributed by atoms with E-state index in [4.69, 9.17) is 0 Å². The third kappa shape index (κ3) is 2.31. The molecule has 0 aliphatic heterocycles. The molecule has 2 atom stereocenters. The van der Waals surface area contributed by atoms with Crippen LogP contribution >= 0.6 is 22.7 Å². The highest BCUT2D eigenvalue weighted by atomic mass is 32.1. The molecule has 2 unspecified atom stereocenters. The molecule has 5 aliphatic rings. The molecule has 0 nitrogen and oxygen atoms in total. The van der Waals surface area contributed by atoms with E-state index in [1.165, 1.54) is 34.4 Å². The van der Waals surface area contributed by atoms with Crippen molar-refractivity contribution < 1.29 is 0 Å². The van der Waals surface area contributed by atoms with Crippen LogP contribution < -0.4 is 0 Å². The minimum absolute atomic E-state index is 0.124. The number of fused-ring (bicyclic) bond motifs is 2. The average Bonchev–Trinajstić information content (AvgIpc) is 4.08. The molecule has 2 heteroatoms. The summed E-state index contributed by atoms with van der Waals surface area (Å²) in [4.78, 5) is 6.20. The van der Waals surface area contributed by atoms with E-state index in [-0.39, 0.29) is 5.41 Å². The van der Waals surface area contributed by atoms with Crippen LogP contribution in [0, 0.1) is 27.7 Å². The van der Waals surface area contributed by atoms with Gasteiger partial charge in [-0.1, -0.05) is 25.1 Å². The molecule has 5 aliphatic carbocycles. The van der Waals surface area contributed by atoms with Gasteiger partial charge in [-0.05, 0) is 270 Å². The molecule has 58 heavy (non-hydrogen) atoms. The van der Waals surface area contributed by atoms with E-state index in [0.717, 1.165) is 25.7 Å². The Labute approximate surface area is 340 Å². The molecule has 2 heterocycles. The lowest BCUT2D eigenvalue weighted by atomic mass is 9.56. The van der Waals surface area contributed by atoms with Gasteiger partial charge in [-0.15, -0.1) is 22.7 Å². The summed E-state index contributed by atoms with van der Waals surface area (Å²) in [6, 6.07) is 11.1. The van der Waals surface area contributed by atoms with Gasteiger partial charge < -0.3 is 0 Å². The molecular formula is C56H34S2. The van der Waals surface area contributed by atoms with Crippen molar-refractivity contribution in [3.63, 3.8) is 0 Å².